The Balaban J connectivity index is 2.20. The van der Waals surface area contributed by atoms with Crippen LogP contribution in [0.15, 0.2) is 29.1 Å². The zero-order valence-electron chi connectivity index (χ0n) is 10.1. The van der Waals surface area contributed by atoms with Gasteiger partial charge in [0.15, 0.2) is 5.82 Å². The van der Waals surface area contributed by atoms with Gasteiger partial charge in [-0.15, -0.1) is 0 Å². The van der Waals surface area contributed by atoms with E-state index < -0.39 is 5.69 Å². The second-order valence-electron chi connectivity index (χ2n) is 3.88. The Labute approximate surface area is 107 Å². The molecule has 1 aromatic carbocycles. The van der Waals surface area contributed by atoms with E-state index in [1.165, 1.54) is 6.92 Å². The van der Waals surface area contributed by atoms with E-state index >= 15 is 0 Å². The van der Waals surface area contributed by atoms with Crippen LogP contribution in [0.1, 0.15) is 6.92 Å². The number of aromatic amines is 1. The molecule has 0 unspecified atom stereocenters. The van der Waals surface area contributed by atoms with Crippen LogP contribution in [0.25, 0.3) is 0 Å². The highest BCUT2D eigenvalue weighted by Crippen LogP contribution is 2.22. The second kappa shape index (κ2) is 4.77. The average molecular weight is 263 g/mol. The van der Waals surface area contributed by atoms with Gasteiger partial charge in [-0.2, -0.15) is 4.68 Å². The first-order valence-corrected chi connectivity index (χ1v) is 5.41. The first-order chi connectivity index (χ1) is 8.97. The maximum atomic E-state index is 11.2. The maximum absolute atomic E-state index is 11.2. The number of aromatic nitrogens is 2. The summed E-state index contributed by atoms with van der Waals surface area (Å²) in [6.07, 6.45) is 0. The summed E-state index contributed by atoms with van der Waals surface area (Å²) in [6, 6.07) is 6.68. The number of H-pyrrole nitrogens is 1. The van der Waals surface area contributed by atoms with Gasteiger partial charge in [0.25, 0.3) is 0 Å². The minimum absolute atomic E-state index is 0.0530. The normalized spacial score (nSPS) is 10.2. The Hall–Kier alpha value is -2.90. The maximum Gasteiger partial charge on any atom is 0.348 e. The standard InChI is InChI=1S/C11H13N5O3/c1-6(17)13-7-2-4-8(5-3-7)14-9-10(18)15-11(19)16(9)12/h2-5,14,18H,12H2,1H3,(H,13,17)(H,15,19). The van der Waals surface area contributed by atoms with Gasteiger partial charge in [0.1, 0.15) is 0 Å². The molecule has 0 aliphatic carbocycles. The molecule has 0 aliphatic heterocycles. The third-order valence-electron chi connectivity index (χ3n) is 2.38. The highest BCUT2D eigenvalue weighted by molar-refractivity contribution is 5.88. The molecular formula is C11H13N5O3. The molecular weight excluding hydrogens is 250 g/mol. The predicted molar refractivity (Wildman–Crippen MR) is 70.9 cm³/mol. The van der Waals surface area contributed by atoms with Crippen LogP contribution in [0.2, 0.25) is 0 Å². The number of anilines is 3. The molecule has 0 spiro atoms. The molecule has 100 valence electrons. The third-order valence-corrected chi connectivity index (χ3v) is 2.38. The highest BCUT2D eigenvalue weighted by atomic mass is 16.3. The van der Waals surface area contributed by atoms with Crippen molar-refractivity contribution in [1.29, 1.82) is 0 Å². The molecule has 1 aromatic heterocycles. The quantitative estimate of drug-likeness (QED) is 0.509. The number of amides is 1. The summed E-state index contributed by atoms with van der Waals surface area (Å²) in [4.78, 5) is 24.2. The summed E-state index contributed by atoms with van der Waals surface area (Å²) in [5.41, 5.74) is 0.610. The first kappa shape index (κ1) is 12.6. The van der Waals surface area contributed by atoms with Crippen LogP contribution < -0.4 is 22.2 Å². The van der Waals surface area contributed by atoms with Crippen LogP contribution in [0.5, 0.6) is 5.88 Å². The molecule has 0 atom stereocenters. The number of benzene rings is 1. The van der Waals surface area contributed by atoms with Gasteiger partial charge in [-0.05, 0) is 24.3 Å². The van der Waals surface area contributed by atoms with Gasteiger partial charge in [-0.3, -0.25) is 9.78 Å². The van der Waals surface area contributed by atoms with E-state index in [4.69, 9.17) is 5.84 Å². The van der Waals surface area contributed by atoms with E-state index in [-0.39, 0.29) is 17.6 Å². The molecule has 0 bridgehead atoms. The Morgan fingerprint density at radius 3 is 2.37 bits per heavy atom. The van der Waals surface area contributed by atoms with Crippen molar-refractivity contribution < 1.29 is 9.90 Å². The van der Waals surface area contributed by atoms with Crippen molar-refractivity contribution >= 4 is 23.1 Å². The van der Waals surface area contributed by atoms with Crippen molar-refractivity contribution in [2.75, 3.05) is 16.5 Å². The predicted octanol–water partition coefficient (Wildman–Crippen LogP) is 0.298. The minimum atomic E-state index is -0.630. The minimum Gasteiger partial charge on any atom is -0.492 e. The molecule has 1 amide bonds. The van der Waals surface area contributed by atoms with Crippen LogP contribution in [-0.2, 0) is 4.79 Å². The van der Waals surface area contributed by atoms with Crippen LogP contribution in [-0.4, -0.2) is 20.7 Å². The number of nitrogens with two attached hydrogens (primary N) is 1. The topological polar surface area (TPSA) is 125 Å². The molecule has 2 aromatic rings. The number of imidazole rings is 1. The smallest absolute Gasteiger partial charge is 0.348 e. The monoisotopic (exact) mass is 263 g/mol. The Morgan fingerprint density at radius 1 is 1.32 bits per heavy atom. The number of nitrogens with one attached hydrogen (secondary N) is 3. The van der Waals surface area contributed by atoms with Crippen molar-refractivity contribution in [3.8, 4) is 5.88 Å². The molecule has 19 heavy (non-hydrogen) atoms. The van der Waals surface area contributed by atoms with Crippen molar-refractivity contribution in [2.45, 2.75) is 6.92 Å². The number of aromatic hydroxyl groups is 1. The summed E-state index contributed by atoms with van der Waals surface area (Å²) in [7, 11) is 0. The van der Waals surface area contributed by atoms with Crippen molar-refractivity contribution in [2.24, 2.45) is 0 Å². The van der Waals surface area contributed by atoms with Gasteiger partial charge >= 0.3 is 5.69 Å². The van der Waals surface area contributed by atoms with Crippen LogP contribution in [0.4, 0.5) is 17.2 Å². The summed E-state index contributed by atoms with van der Waals surface area (Å²) in [6.45, 7) is 1.41. The second-order valence-corrected chi connectivity index (χ2v) is 3.88. The van der Waals surface area contributed by atoms with E-state index in [0.29, 0.717) is 11.4 Å². The van der Waals surface area contributed by atoms with E-state index in [2.05, 4.69) is 15.6 Å². The SMILES string of the molecule is CC(=O)Nc1ccc(Nc2c(O)[nH]c(=O)n2N)cc1. The number of rotatable bonds is 3. The van der Waals surface area contributed by atoms with Gasteiger partial charge in [-0.25, -0.2) is 4.79 Å². The molecule has 0 fully saturated rings. The summed E-state index contributed by atoms with van der Waals surface area (Å²) in [5, 5.41) is 14.9. The van der Waals surface area contributed by atoms with Crippen molar-refractivity contribution in [3.05, 3.63) is 34.7 Å². The lowest BCUT2D eigenvalue weighted by atomic mass is 10.3. The molecule has 0 aliphatic rings. The highest BCUT2D eigenvalue weighted by Gasteiger charge is 2.11. The van der Waals surface area contributed by atoms with Gasteiger partial charge in [-0.1, -0.05) is 0 Å². The fourth-order valence-electron chi connectivity index (χ4n) is 1.53. The van der Waals surface area contributed by atoms with E-state index in [9.17, 15) is 14.7 Å². The molecule has 1 heterocycles. The van der Waals surface area contributed by atoms with Crippen LogP contribution >= 0.6 is 0 Å². The fraction of sp³-hybridized carbons (Fsp3) is 0.0909. The Morgan fingerprint density at radius 2 is 1.89 bits per heavy atom. The lowest BCUT2D eigenvalue weighted by Gasteiger charge is -2.07. The number of nitrogens with zero attached hydrogens (tertiary/aromatic N) is 1. The van der Waals surface area contributed by atoms with E-state index in [1.807, 2.05) is 0 Å². The Kier molecular flexibility index (Phi) is 3.15. The average Bonchev–Trinajstić information content (AvgIpc) is 2.58. The number of carbonyl (C=O) groups excluding carboxylic acids is 1. The van der Waals surface area contributed by atoms with Crippen LogP contribution in [0, 0.1) is 0 Å². The number of hydrogen-bond acceptors (Lipinski definition) is 5. The summed E-state index contributed by atoms with van der Waals surface area (Å²) < 4.78 is 0.761. The number of carbonyl (C=O) groups is 1. The molecule has 6 N–H and O–H groups in total. The fourth-order valence-corrected chi connectivity index (χ4v) is 1.53. The summed E-state index contributed by atoms with van der Waals surface area (Å²) in [5.74, 6) is 4.98. The van der Waals surface area contributed by atoms with Crippen molar-refractivity contribution in [1.82, 2.24) is 9.66 Å². The molecule has 8 heteroatoms. The van der Waals surface area contributed by atoms with Gasteiger partial charge in [0, 0.05) is 18.3 Å². The molecule has 0 saturated heterocycles. The molecule has 8 nitrogen and oxygen atoms in total. The molecule has 0 radical (unpaired) electrons. The third kappa shape index (κ3) is 2.68. The zero-order chi connectivity index (χ0) is 14.0. The first-order valence-electron chi connectivity index (χ1n) is 5.41. The summed E-state index contributed by atoms with van der Waals surface area (Å²) >= 11 is 0. The van der Waals surface area contributed by atoms with E-state index in [0.717, 1.165) is 4.68 Å². The molecule has 0 saturated carbocycles. The van der Waals surface area contributed by atoms with Crippen LogP contribution in [0.3, 0.4) is 0 Å². The lowest BCUT2D eigenvalue weighted by Crippen LogP contribution is -2.25. The Bertz CT molecular complexity index is 656. The zero-order valence-corrected chi connectivity index (χ0v) is 10.1. The molecule has 2 rings (SSSR count). The lowest BCUT2D eigenvalue weighted by molar-refractivity contribution is -0.114. The van der Waals surface area contributed by atoms with Gasteiger partial charge < -0.3 is 21.6 Å². The largest absolute Gasteiger partial charge is 0.492 e. The van der Waals surface area contributed by atoms with Gasteiger partial charge in [0.2, 0.25) is 11.8 Å². The van der Waals surface area contributed by atoms with Crippen molar-refractivity contribution in [3.63, 3.8) is 0 Å². The number of hydrogen-bond donors (Lipinski definition) is 5. The van der Waals surface area contributed by atoms with Gasteiger partial charge in [0.05, 0.1) is 0 Å². The number of nitrogen functional groups attached to an aromatic ring is 1. The van der Waals surface area contributed by atoms with E-state index in [1.54, 1.807) is 24.3 Å².